The highest BCUT2D eigenvalue weighted by molar-refractivity contribution is 6.32. The Bertz CT molecular complexity index is 787. The third kappa shape index (κ3) is 2.99. The summed E-state index contributed by atoms with van der Waals surface area (Å²) in [5.41, 5.74) is 0.260. The van der Waals surface area contributed by atoms with Crippen molar-refractivity contribution >= 4 is 17.6 Å². The molecule has 0 N–H and O–H groups in total. The molecule has 2 aromatic carbocycles. The molecule has 3 nitrogen and oxygen atoms in total. The van der Waals surface area contributed by atoms with E-state index in [4.69, 9.17) is 21.1 Å². The van der Waals surface area contributed by atoms with Gasteiger partial charge in [-0.1, -0.05) is 11.6 Å². The Kier molecular flexibility index (Phi) is 3.72. The molecule has 0 amide bonds. The number of ether oxygens (including phenoxy) is 2. The van der Waals surface area contributed by atoms with E-state index in [0.717, 1.165) is 18.2 Å². The number of rotatable bonds is 2. The summed E-state index contributed by atoms with van der Waals surface area (Å²) in [6.45, 7) is 1.72. The maximum Gasteiger partial charge on any atom is 0.416 e. The van der Waals surface area contributed by atoms with Crippen LogP contribution in [-0.2, 0) is 10.9 Å². The molecular formula is C16H10ClF3O3. The second-order valence-corrected chi connectivity index (χ2v) is 5.45. The summed E-state index contributed by atoms with van der Waals surface area (Å²) in [4.78, 5) is 11.5. The third-order valence-corrected chi connectivity index (χ3v) is 3.75. The maximum atomic E-state index is 12.6. The van der Waals surface area contributed by atoms with E-state index >= 15 is 0 Å². The Morgan fingerprint density at radius 1 is 1.17 bits per heavy atom. The molecule has 0 spiro atoms. The van der Waals surface area contributed by atoms with Crippen LogP contribution >= 0.6 is 11.6 Å². The number of alkyl halides is 3. The summed E-state index contributed by atoms with van der Waals surface area (Å²) >= 11 is 5.85. The summed E-state index contributed by atoms with van der Waals surface area (Å²) in [6, 6.07) is 7.55. The predicted octanol–water partition coefficient (Wildman–Crippen LogP) is 5.38. The first-order valence-electron chi connectivity index (χ1n) is 6.65. The minimum Gasteiger partial charge on any atom is -0.456 e. The molecule has 1 aliphatic rings. The quantitative estimate of drug-likeness (QED) is 0.687. The van der Waals surface area contributed by atoms with Crippen molar-refractivity contribution in [3.05, 3.63) is 58.1 Å². The molecule has 120 valence electrons. The minimum absolute atomic E-state index is 0.0949. The summed E-state index contributed by atoms with van der Waals surface area (Å²) in [7, 11) is 0. The summed E-state index contributed by atoms with van der Waals surface area (Å²) in [5.74, 6) is 0.0414. The lowest BCUT2D eigenvalue weighted by Gasteiger charge is -2.12. The van der Waals surface area contributed by atoms with Crippen LogP contribution in [0.25, 0.3) is 0 Å². The molecule has 0 saturated carbocycles. The number of cyclic esters (lactones) is 1. The number of halogens is 4. The maximum absolute atomic E-state index is 12.6. The van der Waals surface area contributed by atoms with Gasteiger partial charge in [0.05, 0.1) is 16.1 Å². The fraction of sp³-hybridized carbons (Fsp3) is 0.188. The molecule has 0 radical (unpaired) electrons. The van der Waals surface area contributed by atoms with Crippen molar-refractivity contribution in [2.24, 2.45) is 0 Å². The first kappa shape index (κ1) is 15.7. The lowest BCUT2D eigenvalue weighted by Crippen LogP contribution is -2.04. The topological polar surface area (TPSA) is 35.5 Å². The number of carbonyl (C=O) groups is 1. The second-order valence-electron chi connectivity index (χ2n) is 5.04. The molecule has 0 aliphatic carbocycles. The van der Waals surface area contributed by atoms with Gasteiger partial charge in [0, 0.05) is 5.56 Å². The van der Waals surface area contributed by atoms with E-state index in [1.165, 1.54) is 6.07 Å². The van der Waals surface area contributed by atoms with Gasteiger partial charge in [-0.25, -0.2) is 4.79 Å². The Morgan fingerprint density at radius 3 is 2.57 bits per heavy atom. The lowest BCUT2D eigenvalue weighted by molar-refractivity contribution is -0.137. The van der Waals surface area contributed by atoms with Gasteiger partial charge < -0.3 is 9.47 Å². The molecule has 7 heteroatoms. The smallest absolute Gasteiger partial charge is 0.416 e. The van der Waals surface area contributed by atoms with Gasteiger partial charge in [0.25, 0.3) is 0 Å². The van der Waals surface area contributed by atoms with Crippen molar-refractivity contribution in [2.75, 3.05) is 0 Å². The van der Waals surface area contributed by atoms with E-state index in [-0.39, 0.29) is 10.8 Å². The fourth-order valence-electron chi connectivity index (χ4n) is 2.30. The SMILES string of the molecule is CC1OC(=O)c2ccc(Oc3ccc(C(F)(F)F)cc3Cl)cc21. The molecule has 0 saturated heterocycles. The van der Waals surface area contributed by atoms with Crippen molar-refractivity contribution in [3.63, 3.8) is 0 Å². The third-order valence-electron chi connectivity index (χ3n) is 3.45. The van der Waals surface area contributed by atoms with Crippen LogP contribution in [0.5, 0.6) is 11.5 Å². The van der Waals surface area contributed by atoms with Gasteiger partial charge in [-0.05, 0) is 43.3 Å². The minimum atomic E-state index is -4.47. The van der Waals surface area contributed by atoms with Crippen LogP contribution in [0.2, 0.25) is 5.02 Å². The zero-order valence-corrected chi connectivity index (χ0v) is 12.5. The zero-order valence-electron chi connectivity index (χ0n) is 11.8. The highest BCUT2D eigenvalue weighted by atomic mass is 35.5. The van der Waals surface area contributed by atoms with Crippen LogP contribution in [-0.4, -0.2) is 5.97 Å². The normalized spacial score (nSPS) is 16.9. The largest absolute Gasteiger partial charge is 0.456 e. The lowest BCUT2D eigenvalue weighted by atomic mass is 10.1. The van der Waals surface area contributed by atoms with Gasteiger partial charge in [0.2, 0.25) is 0 Å². The number of esters is 1. The highest BCUT2D eigenvalue weighted by Crippen LogP contribution is 2.38. The van der Waals surface area contributed by atoms with Gasteiger partial charge in [0.1, 0.15) is 17.6 Å². The average molecular weight is 343 g/mol. The number of hydrogen-bond acceptors (Lipinski definition) is 3. The zero-order chi connectivity index (χ0) is 16.8. The van der Waals surface area contributed by atoms with Crippen molar-refractivity contribution < 1.29 is 27.4 Å². The number of hydrogen-bond donors (Lipinski definition) is 0. The van der Waals surface area contributed by atoms with Crippen LogP contribution in [0.1, 0.15) is 34.5 Å². The highest BCUT2D eigenvalue weighted by Gasteiger charge is 2.31. The molecule has 1 unspecified atom stereocenters. The van der Waals surface area contributed by atoms with Crippen LogP contribution < -0.4 is 4.74 Å². The monoisotopic (exact) mass is 342 g/mol. The van der Waals surface area contributed by atoms with Gasteiger partial charge in [0.15, 0.2) is 0 Å². The van der Waals surface area contributed by atoms with E-state index in [9.17, 15) is 18.0 Å². The van der Waals surface area contributed by atoms with Gasteiger partial charge in [-0.2, -0.15) is 13.2 Å². The van der Waals surface area contributed by atoms with Crippen LogP contribution in [0.15, 0.2) is 36.4 Å². The number of fused-ring (bicyclic) bond motifs is 1. The van der Waals surface area contributed by atoms with E-state index in [0.29, 0.717) is 16.9 Å². The Hall–Kier alpha value is -2.21. The molecule has 3 rings (SSSR count). The van der Waals surface area contributed by atoms with E-state index in [2.05, 4.69) is 0 Å². The van der Waals surface area contributed by atoms with Crippen LogP contribution in [0, 0.1) is 0 Å². The molecule has 23 heavy (non-hydrogen) atoms. The summed E-state index contributed by atoms with van der Waals surface area (Å²) in [6.07, 6.45) is -4.87. The fourth-order valence-corrected chi connectivity index (χ4v) is 2.52. The van der Waals surface area contributed by atoms with Gasteiger partial charge in [-0.3, -0.25) is 0 Å². The second kappa shape index (κ2) is 5.45. The molecule has 1 aliphatic heterocycles. The van der Waals surface area contributed by atoms with Gasteiger partial charge in [-0.15, -0.1) is 0 Å². The molecule has 1 heterocycles. The molecule has 0 bridgehead atoms. The molecule has 1 atom stereocenters. The Morgan fingerprint density at radius 2 is 1.91 bits per heavy atom. The van der Waals surface area contributed by atoms with E-state index in [1.54, 1.807) is 19.1 Å². The Labute approximate surface area is 134 Å². The summed E-state index contributed by atoms with van der Waals surface area (Å²) < 4.78 is 48.4. The van der Waals surface area contributed by atoms with E-state index in [1.807, 2.05) is 0 Å². The molecule has 0 aromatic heterocycles. The average Bonchev–Trinajstić information content (AvgIpc) is 2.75. The first-order valence-corrected chi connectivity index (χ1v) is 7.03. The first-order chi connectivity index (χ1) is 10.8. The van der Waals surface area contributed by atoms with Crippen molar-refractivity contribution in [3.8, 4) is 11.5 Å². The van der Waals surface area contributed by atoms with Gasteiger partial charge >= 0.3 is 12.1 Å². The molecule has 0 fully saturated rings. The predicted molar refractivity (Wildman–Crippen MR) is 76.8 cm³/mol. The standard InChI is InChI=1S/C16H10ClF3O3/c1-8-12-7-10(3-4-11(12)15(21)22-8)23-14-5-2-9(6-13(14)17)16(18,19)20/h2-8H,1H3. The summed E-state index contributed by atoms with van der Waals surface area (Å²) in [5, 5.41) is -0.152. The van der Waals surface area contributed by atoms with E-state index < -0.39 is 23.8 Å². The van der Waals surface area contributed by atoms with Crippen molar-refractivity contribution in [1.29, 1.82) is 0 Å². The van der Waals surface area contributed by atoms with Crippen molar-refractivity contribution in [1.82, 2.24) is 0 Å². The van der Waals surface area contributed by atoms with Crippen molar-refractivity contribution in [2.45, 2.75) is 19.2 Å². The molecule has 2 aromatic rings. The number of carbonyl (C=O) groups excluding carboxylic acids is 1. The number of benzene rings is 2. The van der Waals surface area contributed by atoms with Crippen LogP contribution in [0.4, 0.5) is 13.2 Å². The van der Waals surface area contributed by atoms with Crippen LogP contribution in [0.3, 0.4) is 0 Å². The Balaban J connectivity index is 1.89. The molecular weight excluding hydrogens is 333 g/mol.